The second kappa shape index (κ2) is 10.4. The zero-order chi connectivity index (χ0) is 27.3. The van der Waals surface area contributed by atoms with Crippen LogP contribution < -0.4 is 11.1 Å². The minimum Gasteiger partial charge on any atom is -0.390 e. The molecule has 1 atom stereocenters. The molecule has 4 aliphatic carbocycles. The maximum atomic E-state index is 13.4. The number of aryl methyl sites for hydroxylation is 1. The van der Waals surface area contributed by atoms with E-state index >= 15 is 0 Å². The molecule has 8 nitrogen and oxygen atoms in total. The van der Waals surface area contributed by atoms with Gasteiger partial charge in [0.05, 0.1) is 24.4 Å². The summed E-state index contributed by atoms with van der Waals surface area (Å²) in [5, 5.41) is 13.9. The number of likely N-dealkylation sites (tertiary alicyclic amines) is 1. The van der Waals surface area contributed by atoms with E-state index in [9.17, 15) is 9.90 Å². The molecule has 1 amide bonds. The summed E-state index contributed by atoms with van der Waals surface area (Å²) in [6.07, 6.45) is 11.2. The lowest BCUT2D eigenvalue weighted by atomic mass is 9.63. The minimum atomic E-state index is -0.529. The van der Waals surface area contributed by atoms with Crippen molar-refractivity contribution < 1.29 is 14.6 Å². The molecule has 40 heavy (non-hydrogen) atoms. The lowest BCUT2D eigenvalue weighted by Crippen LogP contribution is -2.58. The van der Waals surface area contributed by atoms with Gasteiger partial charge < -0.3 is 20.9 Å². The second-order valence-electron chi connectivity index (χ2n) is 13.0. The number of hydrogen-bond donors (Lipinski definition) is 3. The average molecular weight is 546 g/mol. The Bertz CT molecular complexity index is 1240. The van der Waals surface area contributed by atoms with Gasteiger partial charge in [0.25, 0.3) is 5.91 Å². The number of fused-ring (bicyclic) bond motifs is 4. The number of nitrogens with zero attached hydrogens (tertiary/aromatic N) is 3. The Kier molecular flexibility index (Phi) is 6.85. The fraction of sp³-hybridized carbons (Fsp3) is 0.625. The normalized spacial score (nSPS) is 31.3. The van der Waals surface area contributed by atoms with Crippen molar-refractivity contribution in [2.75, 3.05) is 45.1 Å². The van der Waals surface area contributed by atoms with Crippen LogP contribution in [0.1, 0.15) is 85.3 Å². The van der Waals surface area contributed by atoms with Crippen LogP contribution in [0.2, 0.25) is 0 Å². The van der Waals surface area contributed by atoms with Crippen molar-refractivity contribution in [3.8, 4) is 11.1 Å². The predicted octanol–water partition coefficient (Wildman–Crippen LogP) is 3.68. The van der Waals surface area contributed by atoms with E-state index in [-0.39, 0.29) is 17.3 Å². The molecule has 3 heterocycles. The zero-order valence-electron chi connectivity index (χ0n) is 23.5. The van der Waals surface area contributed by atoms with E-state index in [4.69, 9.17) is 10.5 Å². The van der Waals surface area contributed by atoms with E-state index in [1.54, 1.807) is 6.20 Å². The number of aliphatic hydroxyl groups is 1. The number of piperidine rings is 1. The van der Waals surface area contributed by atoms with Crippen molar-refractivity contribution in [2.45, 2.75) is 87.4 Å². The molecule has 2 bridgehead atoms. The van der Waals surface area contributed by atoms with Gasteiger partial charge in [0.2, 0.25) is 0 Å². The molecule has 1 aromatic carbocycles. The summed E-state index contributed by atoms with van der Waals surface area (Å²) in [4.78, 5) is 23.2. The Morgan fingerprint density at radius 1 is 0.950 bits per heavy atom. The number of carbonyl (C=O) groups excluding carboxylic acids is 1. The summed E-state index contributed by atoms with van der Waals surface area (Å²) in [5.74, 6) is 0.114. The number of nitrogens with two attached hydrogens (primary N) is 1. The predicted molar refractivity (Wildman–Crippen MR) is 155 cm³/mol. The third kappa shape index (κ3) is 4.93. The first kappa shape index (κ1) is 26.4. The first-order valence-electron chi connectivity index (χ1n) is 15.4. The number of pyridine rings is 1. The highest BCUT2D eigenvalue weighted by molar-refractivity contribution is 6.00. The topological polar surface area (TPSA) is 104 Å². The van der Waals surface area contributed by atoms with E-state index in [0.29, 0.717) is 17.6 Å². The highest BCUT2D eigenvalue weighted by Gasteiger charge is 2.48. The highest BCUT2D eigenvalue weighted by Crippen LogP contribution is 2.47. The molecule has 2 aromatic rings. The smallest absolute Gasteiger partial charge is 0.255 e. The standard InChI is InChI=1S/C32H43N5O3/c33-29-27(30(38)35-31-7-10-32(39,11-8-31)12-9-31)20-24(21-34-29)22-1-3-26-23(19-22)2-4-28(26)37-13-5-25(6-14-37)36-15-17-40-18-16-36/h1,3,19-21,25,28,39H,2,4-18H2,(H2,33,34)(H,35,38). The Labute approximate surface area is 237 Å². The Morgan fingerprint density at radius 2 is 1.68 bits per heavy atom. The van der Waals surface area contributed by atoms with Gasteiger partial charge >= 0.3 is 0 Å². The van der Waals surface area contributed by atoms with Gasteiger partial charge in [-0.2, -0.15) is 0 Å². The fourth-order valence-electron chi connectivity index (χ4n) is 8.14. The van der Waals surface area contributed by atoms with Crippen LogP contribution in [0.4, 0.5) is 5.82 Å². The van der Waals surface area contributed by atoms with Gasteiger partial charge in [0, 0.05) is 55.6 Å². The molecule has 0 radical (unpaired) electrons. The number of anilines is 1. The molecular weight excluding hydrogens is 502 g/mol. The monoisotopic (exact) mass is 545 g/mol. The molecule has 8 rings (SSSR count). The number of rotatable bonds is 5. The van der Waals surface area contributed by atoms with Crippen molar-refractivity contribution in [3.05, 3.63) is 47.2 Å². The number of morpholine rings is 1. The van der Waals surface area contributed by atoms with Crippen molar-refractivity contribution >= 4 is 11.7 Å². The molecule has 1 aromatic heterocycles. The number of nitrogens with one attached hydrogen (secondary N) is 1. The van der Waals surface area contributed by atoms with Crippen LogP contribution in [0.5, 0.6) is 0 Å². The minimum absolute atomic E-state index is 0.152. The molecule has 2 saturated heterocycles. The van der Waals surface area contributed by atoms with Crippen LogP contribution in [0.25, 0.3) is 11.1 Å². The van der Waals surface area contributed by atoms with E-state index in [1.165, 1.54) is 30.4 Å². The lowest BCUT2D eigenvalue weighted by Gasteiger charge is -2.51. The number of ether oxygens (including phenoxy) is 1. The van der Waals surface area contributed by atoms with E-state index < -0.39 is 5.60 Å². The summed E-state index contributed by atoms with van der Waals surface area (Å²) in [7, 11) is 0. The SMILES string of the molecule is Nc1ncc(-c2ccc3c(c2)CCC3N2CCC(N3CCOCC3)CC2)cc1C(=O)NC12CCC(O)(CC1)CC2. The Hall–Kier alpha value is -2.52. The molecule has 2 aliphatic heterocycles. The maximum absolute atomic E-state index is 13.4. The van der Waals surface area contributed by atoms with Crippen LogP contribution in [-0.2, 0) is 11.2 Å². The summed E-state index contributed by atoms with van der Waals surface area (Å²) in [6.45, 7) is 6.23. The fourth-order valence-corrected chi connectivity index (χ4v) is 8.14. The van der Waals surface area contributed by atoms with Crippen LogP contribution in [0.15, 0.2) is 30.5 Å². The molecule has 214 valence electrons. The highest BCUT2D eigenvalue weighted by atomic mass is 16.5. The van der Waals surface area contributed by atoms with Gasteiger partial charge in [0.15, 0.2) is 0 Å². The molecule has 0 spiro atoms. The van der Waals surface area contributed by atoms with Gasteiger partial charge in [-0.1, -0.05) is 18.2 Å². The number of amides is 1. The average Bonchev–Trinajstić information content (AvgIpc) is 3.42. The first-order valence-corrected chi connectivity index (χ1v) is 15.4. The number of aromatic nitrogens is 1. The Balaban J connectivity index is 1.03. The van der Waals surface area contributed by atoms with Crippen LogP contribution in [0, 0.1) is 0 Å². The van der Waals surface area contributed by atoms with Gasteiger partial charge in [-0.3, -0.25) is 14.6 Å². The van der Waals surface area contributed by atoms with Gasteiger partial charge in [-0.25, -0.2) is 4.98 Å². The first-order chi connectivity index (χ1) is 19.4. The zero-order valence-corrected chi connectivity index (χ0v) is 23.5. The number of hydrogen-bond acceptors (Lipinski definition) is 7. The van der Waals surface area contributed by atoms with Crippen molar-refractivity contribution in [2.24, 2.45) is 0 Å². The van der Waals surface area contributed by atoms with Crippen molar-refractivity contribution in [3.63, 3.8) is 0 Å². The number of benzene rings is 1. The third-order valence-corrected chi connectivity index (χ3v) is 10.8. The molecule has 1 unspecified atom stereocenters. The summed E-state index contributed by atoms with van der Waals surface area (Å²) >= 11 is 0. The van der Waals surface area contributed by atoms with E-state index in [2.05, 4.69) is 38.3 Å². The maximum Gasteiger partial charge on any atom is 0.255 e. The van der Waals surface area contributed by atoms with Crippen LogP contribution in [-0.4, -0.2) is 82.4 Å². The number of carbonyl (C=O) groups is 1. The van der Waals surface area contributed by atoms with Gasteiger partial charge in [-0.15, -0.1) is 0 Å². The molecular formula is C32H43N5O3. The molecule has 4 N–H and O–H groups in total. The quantitative estimate of drug-likeness (QED) is 0.527. The van der Waals surface area contributed by atoms with Gasteiger partial charge in [0.1, 0.15) is 5.82 Å². The Morgan fingerprint density at radius 3 is 2.40 bits per heavy atom. The summed E-state index contributed by atoms with van der Waals surface area (Å²) in [6, 6.07) is 9.90. The molecule has 6 aliphatic rings. The number of nitrogen functional groups attached to an aromatic ring is 1. The van der Waals surface area contributed by atoms with E-state index in [1.807, 2.05) is 6.07 Å². The molecule has 8 heteroatoms. The molecule has 3 saturated carbocycles. The van der Waals surface area contributed by atoms with Crippen molar-refractivity contribution in [1.82, 2.24) is 20.1 Å². The van der Waals surface area contributed by atoms with Crippen LogP contribution >= 0.6 is 0 Å². The van der Waals surface area contributed by atoms with Gasteiger partial charge in [-0.05, 0) is 87.0 Å². The van der Waals surface area contributed by atoms with Crippen molar-refractivity contribution in [1.29, 1.82) is 0 Å². The molecule has 5 fully saturated rings. The third-order valence-electron chi connectivity index (χ3n) is 10.8. The second-order valence-corrected chi connectivity index (χ2v) is 13.0. The summed E-state index contributed by atoms with van der Waals surface area (Å²) in [5.41, 5.74) is 10.8. The van der Waals surface area contributed by atoms with E-state index in [0.717, 1.165) is 95.5 Å². The largest absolute Gasteiger partial charge is 0.390 e. The lowest BCUT2D eigenvalue weighted by molar-refractivity contribution is -0.0702. The van der Waals surface area contributed by atoms with Crippen LogP contribution in [0.3, 0.4) is 0 Å². The summed E-state index contributed by atoms with van der Waals surface area (Å²) < 4.78 is 5.55.